The van der Waals surface area contributed by atoms with Gasteiger partial charge in [-0.3, -0.25) is 0 Å². The predicted octanol–water partition coefficient (Wildman–Crippen LogP) is 1.45. The monoisotopic (exact) mass is 401 g/mol. The van der Waals surface area contributed by atoms with Crippen molar-refractivity contribution in [1.82, 2.24) is 23.9 Å². The van der Waals surface area contributed by atoms with Crippen LogP contribution in [0.5, 0.6) is 0 Å². The van der Waals surface area contributed by atoms with Crippen molar-refractivity contribution in [3.8, 4) is 0 Å². The smallest absolute Gasteiger partial charge is 0.282 e. The summed E-state index contributed by atoms with van der Waals surface area (Å²) in [6.45, 7) is 4.27. The van der Waals surface area contributed by atoms with Crippen LogP contribution in [0.25, 0.3) is 0 Å². The van der Waals surface area contributed by atoms with Gasteiger partial charge in [0.2, 0.25) is 0 Å². The Balaban J connectivity index is 0.00000196. The molecule has 0 aliphatic carbocycles. The van der Waals surface area contributed by atoms with Gasteiger partial charge in [0.15, 0.2) is 0 Å². The van der Waals surface area contributed by atoms with Crippen LogP contribution in [0.1, 0.15) is 55.1 Å². The number of halogens is 1. The van der Waals surface area contributed by atoms with Crippen molar-refractivity contribution in [2.75, 3.05) is 32.7 Å². The molecule has 0 amide bonds. The summed E-state index contributed by atoms with van der Waals surface area (Å²) in [5.74, 6) is 1.37. The van der Waals surface area contributed by atoms with Crippen LogP contribution in [-0.4, -0.2) is 59.7 Å². The molecular weight excluding hydrogens is 374 g/mol. The van der Waals surface area contributed by atoms with E-state index in [2.05, 4.69) is 10.3 Å². The fourth-order valence-corrected chi connectivity index (χ4v) is 5.71. The maximum Gasteiger partial charge on any atom is 0.282 e. The quantitative estimate of drug-likeness (QED) is 0.829. The Bertz CT molecular complexity index is 718. The van der Waals surface area contributed by atoms with Crippen molar-refractivity contribution >= 4 is 22.6 Å². The number of piperidine rings is 2. The Hall–Kier alpha value is -0.800. The van der Waals surface area contributed by atoms with E-state index in [4.69, 9.17) is 4.98 Å². The van der Waals surface area contributed by atoms with E-state index in [1.165, 1.54) is 0 Å². The number of rotatable bonds is 3. The van der Waals surface area contributed by atoms with Crippen LogP contribution in [0.3, 0.4) is 0 Å². The molecule has 0 saturated carbocycles. The van der Waals surface area contributed by atoms with Crippen LogP contribution in [0.4, 0.5) is 0 Å². The molecule has 2 fully saturated rings. The number of fused-ring (bicyclic) bond motifs is 1. The molecule has 7 nitrogen and oxygen atoms in total. The molecule has 0 spiro atoms. The summed E-state index contributed by atoms with van der Waals surface area (Å²) in [5, 5.41) is 3.37. The highest BCUT2D eigenvalue weighted by molar-refractivity contribution is 7.86. The fourth-order valence-electron chi connectivity index (χ4n) is 4.04. The molecular formula is C17H28ClN5O2S. The van der Waals surface area contributed by atoms with Crippen molar-refractivity contribution in [2.24, 2.45) is 0 Å². The summed E-state index contributed by atoms with van der Waals surface area (Å²) in [6, 6.07) is 0. The van der Waals surface area contributed by atoms with E-state index < -0.39 is 10.2 Å². The van der Waals surface area contributed by atoms with E-state index in [1.807, 2.05) is 6.20 Å². The van der Waals surface area contributed by atoms with Gasteiger partial charge in [-0.2, -0.15) is 17.0 Å². The lowest BCUT2D eigenvalue weighted by atomic mass is 9.96. The van der Waals surface area contributed by atoms with Crippen LogP contribution in [-0.2, 0) is 23.2 Å². The molecule has 3 aliphatic rings. The van der Waals surface area contributed by atoms with E-state index >= 15 is 0 Å². The summed E-state index contributed by atoms with van der Waals surface area (Å²) < 4.78 is 29.0. The third-order valence-electron chi connectivity index (χ3n) is 5.59. The number of aromatic nitrogens is 2. The van der Waals surface area contributed by atoms with Crippen molar-refractivity contribution in [1.29, 1.82) is 0 Å². The zero-order valence-corrected chi connectivity index (χ0v) is 16.7. The first-order valence-corrected chi connectivity index (χ1v) is 10.8. The maximum atomic E-state index is 12.9. The third-order valence-corrected chi connectivity index (χ3v) is 7.57. The average Bonchev–Trinajstić information content (AvgIpc) is 2.68. The Morgan fingerprint density at radius 1 is 1.04 bits per heavy atom. The van der Waals surface area contributed by atoms with E-state index in [9.17, 15) is 8.42 Å². The molecule has 3 aliphatic heterocycles. The zero-order valence-electron chi connectivity index (χ0n) is 15.1. The molecule has 1 N–H and O–H groups in total. The highest BCUT2D eigenvalue weighted by Crippen LogP contribution is 2.26. The lowest BCUT2D eigenvalue weighted by Gasteiger charge is -2.34. The minimum atomic E-state index is -3.36. The van der Waals surface area contributed by atoms with Crippen molar-refractivity contribution in [2.45, 2.75) is 51.0 Å². The molecule has 26 heavy (non-hydrogen) atoms. The van der Waals surface area contributed by atoms with Crippen LogP contribution in [0.2, 0.25) is 0 Å². The van der Waals surface area contributed by atoms with Crippen molar-refractivity contribution in [3.05, 3.63) is 23.3 Å². The molecule has 0 atom stereocenters. The summed E-state index contributed by atoms with van der Waals surface area (Å²) in [4.78, 5) is 9.36. The second kappa shape index (κ2) is 8.48. The second-order valence-electron chi connectivity index (χ2n) is 7.28. The topological polar surface area (TPSA) is 78.4 Å². The van der Waals surface area contributed by atoms with Crippen LogP contribution < -0.4 is 5.32 Å². The summed E-state index contributed by atoms with van der Waals surface area (Å²) in [5.41, 5.74) is 2.00. The second-order valence-corrected chi connectivity index (χ2v) is 9.20. The van der Waals surface area contributed by atoms with Crippen LogP contribution in [0.15, 0.2) is 6.20 Å². The highest BCUT2D eigenvalue weighted by Gasteiger charge is 2.33. The van der Waals surface area contributed by atoms with Gasteiger partial charge in [0.25, 0.3) is 10.2 Å². The first kappa shape index (κ1) is 19.9. The number of hydrogen-bond acceptors (Lipinski definition) is 5. The molecule has 4 heterocycles. The summed E-state index contributed by atoms with van der Waals surface area (Å²) >= 11 is 0. The number of nitrogens with zero attached hydrogens (tertiary/aromatic N) is 4. The predicted molar refractivity (Wildman–Crippen MR) is 103 cm³/mol. The Kier molecular flexibility index (Phi) is 6.50. The SMILES string of the molecule is Cl.O=S(=O)(N1CCCCC1)N1CCc2nc(C3CCNCC3)ncc2C1. The first-order chi connectivity index (χ1) is 12.1. The molecule has 4 rings (SSSR count). The van der Waals surface area contributed by atoms with Gasteiger partial charge in [-0.15, -0.1) is 12.4 Å². The number of nitrogens with one attached hydrogen (secondary N) is 1. The molecule has 0 aromatic carbocycles. The van der Waals surface area contributed by atoms with Crippen molar-refractivity contribution in [3.63, 3.8) is 0 Å². The largest absolute Gasteiger partial charge is 0.317 e. The minimum Gasteiger partial charge on any atom is -0.317 e. The van der Waals surface area contributed by atoms with E-state index in [0.717, 1.165) is 62.3 Å². The van der Waals surface area contributed by atoms with Crippen LogP contribution >= 0.6 is 12.4 Å². The Morgan fingerprint density at radius 2 is 1.77 bits per heavy atom. The molecule has 0 unspecified atom stereocenters. The van der Waals surface area contributed by atoms with Gasteiger partial charge < -0.3 is 5.32 Å². The Morgan fingerprint density at radius 3 is 2.50 bits per heavy atom. The molecule has 1 aromatic rings. The zero-order chi connectivity index (χ0) is 17.3. The van der Waals surface area contributed by atoms with Crippen LogP contribution in [0, 0.1) is 0 Å². The lowest BCUT2D eigenvalue weighted by molar-refractivity contribution is 0.293. The average molecular weight is 402 g/mol. The molecule has 0 radical (unpaired) electrons. The third kappa shape index (κ3) is 4.04. The van der Waals surface area contributed by atoms with Crippen molar-refractivity contribution < 1.29 is 8.42 Å². The standard InChI is InChI=1S/C17H27N5O2S.ClH/c23-25(24,21-9-2-1-3-10-21)22-11-6-16-15(13-22)12-19-17(20-16)14-4-7-18-8-5-14;/h12,14,18H,1-11,13H2;1H. The van der Waals surface area contributed by atoms with E-state index in [0.29, 0.717) is 38.5 Å². The molecule has 2 saturated heterocycles. The van der Waals surface area contributed by atoms with Gasteiger partial charge in [0, 0.05) is 56.0 Å². The lowest BCUT2D eigenvalue weighted by Crippen LogP contribution is -2.47. The molecule has 9 heteroatoms. The van der Waals surface area contributed by atoms with E-state index in [-0.39, 0.29) is 12.4 Å². The van der Waals surface area contributed by atoms with Gasteiger partial charge in [-0.25, -0.2) is 9.97 Å². The summed E-state index contributed by atoms with van der Waals surface area (Å²) in [6.07, 6.45) is 7.75. The number of hydrogen-bond donors (Lipinski definition) is 1. The summed E-state index contributed by atoms with van der Waals surface area (Å²) in [7, 11) is -3.36. The van der Waals surface area contributed by atoms with Gasteiger partial charge in [0.1, 0.15) is 5.82 Å². The molecule has 146 valence electrons. The minimum absolute atomic E-state index is 0. The van der Waals surface area contributed by atoms with Gasteiger partial charge in [-0.05, 0) is 38.8 Å². The van der Waals surface area contributed by atoms with E-state index in [1.54, 1.807) is 8.61 Å². The molecule has 1 aromatic heterocycles. The Labute approximate surface area is 162 Å². The molecule has 0 bridgehead atoms. The van der Waals surface area contributed by atoms with Gasteiger partial charge in [0.05, 0.1) is 0 Å². The maximum absolute atomic E-state index is 12.9. The normalized spacial score (nSPS) is 23.2. The highest BCUT2D eigenvalue weighted by atomic mass is 35.5. The first-order valence-electron chi connectivity index (χ1n) is 9.45. The fraction of sp³-hybridized carbons (Fsp3) is 0.765. The van der Waals surface area contributed by atoms with Gasteiger partial charge >= 0.3 is 0 Å². The van der Waals surface area contributed by atoms with Gasteiger partial charge in [-0.1, -0.05) is 6.42 Å².